The highest BCUT2D eigenvalue weighted by molar-refractivity contribution is 5.92. The normalized spacial score (nSPS) is 19.2. The van der Waals surface area contributed by atoms with Gasteiger partial charge in [-0.25, -0.2) is 9.18 Å². The van der Waals surface area contributed by atoms with Gasteiger partial charge in [-0.2, -0.15) is 0 Å². The summed E-state index contributed by atoms with van der Waals surface area (Å²) in [7, 11) is 0. The third kappa shape index (κ3) is 4.69. The summed E-state index contributed by atoms with van der Waals surface area (Å²) in [5, 5.41) is 0. The largest absolute Gasteiger partial charge is 0.443 e. The number of amides is 2. The lowest BCUT2D eigenvalue weighted by molar-refractivity contribution is -0.126. The zero-order valence-corrected chi connectivity index (χ0v) is 17.1. The Kier molecular flexibility index (Phi) is 6.18. The van der Waals surface area contributed by atoms with E-state index in [1.807, 2.05) is 35.2 Å². The van der Waals surface area contributed by atoms with Crippen molar-refractivity contribution in [3.63, 3.8) is 0 Å². The van der Waals surface area contributed by atoms with E-state index in [0.29, 0.717) is 44.1 Å². The van der Waals surface area contributed by atoms with Crippen molar-refractivity contribution in [1.82, 2.24) is 4.90 Å². The molecule has 2 amide bonds. The van der Waals surface area contributed by atoms with E-state index in [2.05, 4.69) is 0 Å². The minimum Gasteiger partial charge on any atom is -0.443 e. The molecule has 0 saturated carbocycles. The van der Waals surface area contributed by atoms with Crippen LogP contribution < -0.4 is 15.5 Å². The van der Waals surface area contributed by atoms with Gasteiger partial charge in [0.1, 0.15) is 11.9 Å². The summed E-state index contributed by atoms with van der Waals surface area (Å²) in [6, 6.07) is 14.4. The fourth-order valence-electron chi connectivity index (χ4n) is 3.78. The van der Waals surface area contributed by atoms with Crippen molar-refractivity contribution in [3.05, 3.63) is 66.0 Å². The third-order valence-corrected chi connectivity index (χ3v) is 5.53. The average molecular weight is 424 g/mol. The number of nitrogens with zero attached hydrogens (tertiary/aromatic N) is 3. The Labute approximate surface area is 180 Å². The van der Waals surface area contributed by atoms with E-state index in [1.165, 1.54) is 11.0 Å². The standard InChI is InChI=1S/C23H25FN4O3/c24-20-14-18(28-16-19(15-25)31-23(28)30)7-8-21(20)26-10-12-27(13-11-26)22(29)9-6-17-4-2-1-3-5-17/h1-9,14,19H,10-13,15-16,25H2/b9-6+/t19-/m0/s1. The van der Waals surface area contributed by atoms with Crippen molar-refractivity contribution >= 4 is 29.5 Å². The zero-order chi connectivity index (χ0) is 21.8. The maximum Gasteiger partial charge on any atom is 0.414 e. The van der Waals surface area contributed by atoms with Gasteiger partial charge in [0.05, 0.1) is 17.9 Å². The van der Waals surface area contributed by atoms with Gasteiger partial charge in [-0.1, -0.05) is 30.3 Å². The summed E-state index contributed by atoms with van der Waals surface area (Å²) >= 11 is 0. The highest BCUT2D eigenvalue weighted by Gasteiger charge is 2.32. The Morgan fingerprint density at radius 2 is 1.87 bits per heavy atom. The second-order valence-electron chi connectivity index (χ2n) is 7.54. The number of hydrogen-bond acceptors (Lipinski definition) is 5. The van der Waals surface area contributed by atoms with Crippen molar-refractivity contribution in [1.29, 1.82) is 0 Å². The number of carbonyl (C=O) groups excluding carboxylic acids is 2. The first-order valence-corrected chi connectivity index (χ1v) is 10.3. The number of rotatable bonds is 5. The Bertz CT molecular complexity index is 974. The number of nitrogens with two attached hydrogens (primary N) is 1. The molecule has 2 aliphatic rings. The van der Waals surface area contributed by atoms with E-state index >= 15 is 0 Å². The second kappa shape index (κ2) is 9.18. The van der Waals surface area contributed by atoms with Crippen molar-refractivity contribution in [3.8, 4) is 0 Å². The maximum atomic E-state index is 14.8. The van der Waals surface area contributed by atoms with E-state index in [-0.39, 0.29) is 18.6 Å². The van der Waals surface area contributed by atoms with Gasteiger partial charge in [0.2, 0.25) is 5.91 Å². The SMILES string of the molecule is NC[C@H]1CN(c2ccc(N3CCN(C(=O)/C=C/c4ccccc4)CC3)c(F)c2)C(=O)O1. The molecule has 7 nitrogen and oxygen atoms in total. The predicted molar refractivity (Wildman–Crippen MR) is 117 cm³/mol. The Hall–Kier alpha value is -3.39. The van der Waals surface area contributed by atoms with Crippen LogP contribution in [0, 0.1) is 5.82 Å². The molecule has 0 unspecified atom stereocenters. The van der Waals surface area contributed by atoms with Crippen molar-refractivity contribution in [2.75, 3.05) is 49.1 Å². The number of halogens is 1. The van der Waals surface area contributed by atoms with Crippen LogP contribution in [0.5, 0.6) is 0 Å². The molecule has 31 heavy (non-hydrogen) atoms. The van der Waals surface area contributed by atoms with Gasteiger partial charge in [-0.15, -0.1) is 0 Å². The van der Waals surface area contributed by atoms with Crippen LogP contribution in [-0.4, -0.2) is 62.3 Å². The molecule has 8 heteroatoms. The molecule has 0 aromatic heterocycles. The van der Waals surface area contributed by atoms with Gasteiger partial charge in [0.15, 0.2) is 0 Å². The van der Waals surface area contributed by atoms with Gasteiger partial charge in [0.25, 0.3) is 0 Å². The van der Waals surface area contributed by atoms with Crippen molar-refractivity contribution in [2.24, 2.45) is 5.73 Å². The molecule has 2 N–H and O–H groups in total. The zero-order valence-electron chi connectivity index (χ0n) is 17.1. The number of piperazine rings is 1. The number of carbonyl (C=O) groups is 2. The summed E-state index contributed by atoms with van der Waals surface area (Å²) < 4.78 is 20.0. The second-order valence-corrected chi connectivity index (χ2v) is 7.54. The van der Waals surface area contributed by atoms with Crippen LogP contribution >= 0.6 is 0 Å². The fraction of sp³-hybridized carbons (Fsp3) is 0.304. The summed E-state index contributed by atoms with van der Waals surface area (Å²) in [5.74, 6) is -0.466. The molecule has 1 atom stereocenters. The highest BCUT2D eigenvalue weighted by Crippen LogP contribution is 2.28. The van der Waals surface area contributed by atoms with Crippen LogP contribution in [0.2, 0.25) is 0 Å². The highest BCUT2D eigenvalue weighted by atomic mass is 19.1. The van der Waals surface area contributed by atoms with Crippen LogP contribution in [0.4, 0.5) is 20.6 Å². The molecule has 0 bridgehead atoms. The maximum absolute atomic E-state index is 14.8. The molecule has 0 spiro atoms. The molecule has 2 saturated heterocycles. The van der Waals surface area contributed by atoms with Gasteiger partial charge >= 0.3 is 6.09 Å². The smallest absolute Gasteiger partial charge is 0.414 e. The van der Waals surface area contributed by atoms with Crippen molar-refractivity contribution in [2.45, 2.75) is 6.10 Å². The molecular weight excluding hydrogens is 399 g/mol. The summed E-state index contributed by atoms with van der Waals surface area (Å²) in [4.78, 5) is 29.5. The van der Waals surface area contributed by atoms with Gasteiger partial charge in [0, 0.05) is 38.8 Å². The number of anilines is 2. The quantitative estimate of drug-likeness (QED) is 0.746. The third-order valence-electron chi connectivity index (χ3n) is 5.53. The number of ether oxygens (including phenoxy) is 1. The molecule has 0 radical (unpaired) electrons. The van der Waals surface area contributed by atoms with Gasteiger partial charge in [-0.05, 0) is 29.8 Å². The number of hydrogen-bond donors (Lipinski definition) is 1. The van der Waals surface area contributed by atoms with E-state index in [4.69, 9.17) is 10.5 Å². The molecular formula is C23H25FN4O3. The predicted octanol–water partition coefficient (Wildman–Crippen LogP) is 2.47. The van der Waals surface area contributed by atoms with E-state index in [9.17, 15) is 14.0 Å². The average Bonchev–Trinajstić information content (AvgIpc) is 3.19. The monoisotopic (exact) mass is 424 g/mol. The molecule has 0 aliphatic carbocycles. The Balaban J connectivity index is 1.36. The Morgan fingerprint density at radius 1 is 1.13 bits per heavy atom. The van der Waals surface area contributed by atoms with Crippen LogP contribution in [0.25, 0.3) is 6.08 Å². The van der Waals surface area contributed by atoms with E-state index in [0.717, 1.165) is 5.56 Å². The minimum absolute atomic E-state index is 0.0543. The summed E-state index contributed by atoms with van der Waals surface area (Å²) in [6.07, 6.45) is 2.48. The summed E-state index contributed by atoms with van der Waals surface area (Å²) in [6.45, 7) is 2.62. The summed E-state index contributed by atoms with van der Waals surface area (Å²) in [5.41, 5.74) is 7.42. The first-order valence-electron chi connectivity index (χ1n) is 10.3. The topological polar surface area (TPSA) is 79.1 Å². The van der Waals surface area contributed by atoms with Crippen LogP contribution in [-0.2, 0) is 9.53 Å². The number of benzene rings is 2. The fourth-order valence-corrected chi connectivity index (χ4v) is 3.78. The lowest BCUT2D eigenvalue weighted by Gasteiger charge is -2.36. The van der Waals surface area contributed by atoms with Gasteiger partial charge in [-0.3, -0.25) is 9.69 Å². The van der Waals surface area contributed by atoms with E-state index in [1.54, 1.807) is 29.2 Å². The first-order chi connectivity index (χ1) is 15.0. The lowest BCUT2D eigenvalue weighted by Crippen LogP contribution is -2.48. The molecule has 2 fully saturated rings. The minimum atomic E-state index is -0.515. The lowest BCUT2D eigenvalue weighted by atomic mass is 10.2. The number of cyclic esters (lactones) is 1. The molecule has 2 aromatic carbocycles. The first kappa shape index (κ1) is 20.9. The molecule has 4 rings (SSSR count). The molecule has 2 heterocycles. The molecule has 162 valence electrons. The Morgan fingerprint density at radius 3 is 2.52 bits per heavy atom. The van der Waals surface area contributed by atoms with Crippen LogP contribution in [0.15, 0.2) is 54.6 Å². The van der Waals surface area contributed by atoms with Crippen molar-refractivity contribution < 1.29 is 18.7 Å². The van der Waals surface area contributed by atoms with E-state index < -0.39 is 11.9 Å². The van der Waals surface area contributed by atoms with Crippen LogP contribution in [0.1, 0.15) is 5.56 Å². The molecule has 2 aliphatic heterocycles. The van der Waals surface area contributed by atoms with Gasteiger partial charge < -0.3 is 20.3 Å². The molecule has 2 aromatic rings. The van der Waals surface area contributed by atoms with Crippen LogP contribution in [0.3, 0.4) is 0 Å².